The predicted molar refractivity (Wildman–Crippen MR) is 128 cm³/mol. The highest BCUT2D eigenvalue weighted by Crippen LogP contribution is 2.26. The van der Waals surface area contributed by atoms with Gasteiger partial charge in [0.25, 0.3) is 0 Å². The number of hydrogen-bond donors (Lipinski definition) is 2. The Hall–Kier alpha value is -3.64. The van der Waals surface area contributed by atoms with E-state index < -0.39 is 0 Å². The lowest BCUT2D eigenvalue weighted by Crippen LogP contribution is -2.45. The molecule has 0 unspecified atom stereocenters. The Labute approximate surface area is 187 Å². The van der Waals surface area contributed by atoms with Gasteiger partial charge in [-0.05, 0) is 37.1 Å². The number of carbonyl (C=O) groups excluding carboxylic acids is 1. The van der Waals surface area contributed by atoms with Gasteiger partial charge < -0.3 is 15.0 Å². The van der Waals surface area contributed by atoms with E-state index in [-0.39, 0.29) is 12.1 Å². The number of aromatic nitrogens is 2. The largest absolute Gasteiger partial charge is 0.335 e. The standard InChI is InChI=1S/C26H27N5O/c32-26(27-21-11-5-2-6-12-21)28-22-14-17-30(18-15-22)19-23-25(20-9-3-1-4-10-20)29-24-13-7-8-16-31(23)24/h1-13,16,22H,14-15,17-19H2,(H2,27,28,32). The molecule has 0 radical (unpaired) electrons. The number of fused-ring (bicyclic) bond motifs is 1. The van der Waals surface area contributed by atoms with Crippen molar-refractivity contribution in [2.24, 2.45) is 0 Å². The molecule has 2 aromatic carbocycles. The van der Waals surface area contributed by atoms with Crippen molar-refractivity contribution in [1.29, 1.82) is 0 Å². The first-order valence-corrected chi connectivity index (χ1v) is 11.1. The Morgan fingerprint density at radius 2 is 1.59 bits per heavy atom. The van der Waals surface area contributed by atoms with Crippen LogP contribution in [0.4, 0.5) is 10.5 Å². The Balaban J connectivity index is 1.24. The molecule has 3 heterocycles. The second-order valence-corrected chi connectivity index (χ2v) is 8.22. The summed E-state index contributed by atoms with van der Waals surface area (Å²) in [6.45, 7) is 2.70. The highest BCUT2D eigenvalue weighted by atomic mass is 16.2. The van der Waals surface area contributed by atoms with Crippen molar-refractivity contribution in [1.82, 2.24) is 19.6 Å². The van der Waals surface area contributed by atoms with Crippen LogP contribution in [-0.2, 0) is 6.54 Å². The molecule has 2 aromatic heterocycles. The van der Waals surface area contributed by atoms with Crippen LogP contribution in [0.1, 0.15) is 18.5 Å². The second kappa shape index (κ2) is 9.24. The van der Waals surface area contributed by atoms with Crippen molar-refractivity contribution in [3.05, 3.63) is 90.8 Å². The van der Waals surface area contributed by atoms with Crippen LogP contribution in [0.25, 0.3) is 16.9 Å². The van der Waals surface area contributed by atoms with Gasteiger partial charge >= 0.3 is 6.03 Å². The maximum absolute atomic E-state index is 12.3. The molecular formula is C26H27N5O. The fourth-order valence-corrected chi connectivity index (χ4v) is 4.35. The minimum absolute atomic E-state index is 0.136. The van der Waals surface area contributed by atoms with E-state index in [0.29, 0.717) is 0 Å². The fourth-order valence-electron chi connectivity index (χ4n) is 4.35. The minimum Gasteiger partial charge on any atom is -0.335 e. The van der Waals surface area contributed by atoms with Gasteiger partial charge in [0, 0.05) is 43.1 Å². The second-order valence-electron chi connectivity index (χ2n) is 8.22. The van der Waals surface area contributed by atoms with Gasteiger partial charge in [0.2, 0.25) is 0 Å². The average Bonchev–Trinajstić information content (AvgIpc) is 3.20. The van der Waals surface area contributed by atoms with Crippen molar-refractivity contribution < 1.29 is 4.79 Å². The lowest BCUT2D eigenvalue weighted by atomic mass is 10.0. The van der Waals surface area contributed by atoms with Gasteiger partial charge in [-0.15, -0.1) is 0 Å². The number of urea groups is 1. The number of benzene rings is 2. The van der Waals surface area contributed by atoms with Gasteiger partial charge in [-0.1, -0.05) is 54.6 Å². The molecule has 1 saturated heterocycles. The molecule has 2 N–H and O–H groups in total. The first-order valence-electron chi connectivity index (χ1n) is 11.1. The maximum atomic E-state index is 12.3. The van der Waals surface area contributed by atoms with E-state index >= 15 is 0 Å². The number of para-hydroxylation sites is 1. The maximum Gasteiger partial charge on any atom is 0.319 e. The highest BCUT2D eigenvalue weighted by molar-refractivity contribution is 5.89. The zero-order chi connectivity index (χ0) is 21.8. The van der Waals surface area contributed by atoms with Crippen molar-refractivity contribution in [2.45, 2.75) is 25.4 Å². The number of piperidine rings is 1. The summed E-state index contributed by atoms with van der Waals surface area (Å²) >= 11 is 0. The summed E-state index contributed by atoms with van der Waals surface area (Å²) in [6.07, 6.45) is 3.95. The number of hydrogen-bond acceptors (Lipinski definition) is 3. The monoisotopic (exact) mass is 425 g/mol. The van der Waals surface area contributed by atoms with Gasteiger partial charge in [0.1, 0.15) is 5.65 Å². The lowest BCUT2D eigenvalue weighted by molar-refractivity contribution is 0.188. The molecule has 5 rings (SSSR count). The average molecular weight is 426 g/mol. The molecule has 4 aromatic rings. The summed E-state index contributed by atoms with van der Waals surface area (Å²) in [5.74, 6) is 0. The SMILES string of the molecule is O=C(Nc1ccccc1)NC1CCN(Cc2c(-c3ccccc3)nc3ccccn23)CC1. The van der Waals surface area contributed by atoms with Gasteiger partial charge in [-0.2, -0.15) is 0 Å². The molecular weight excluding hydrogens is 398 g/mol. The minimum atomic E-state index is -0.136. The van der Waals surface area contributed by atoms with Crippen LogP contribution in [-0.4, -0.2) is 39.4 Å². The van der Waals surface area contributed by atoms with Crippen LogP contribution < -0.4 is 10.6 Å². The van der Waals surface area contributed by atoms with E-state index in [0.717, 1.165) is 55.1 Å². The number of imidazole rings is 1. The zero-order valence-electron chi connectivity index (χ0n) is 17.9. The molecule has 0 aliphatic carbocycles. The van der Waals surface area contributed by atoms with Crippen LogP contribution >= 0.6 is 0 Å². The van der Waals surface area contributed by atoms with E-state index in [2.05, 4.69) is 62.5 Å². The summed E-state index contributed by atoms with van der Waals surface area (Å²) in [5.41, 5.74) is 5.17. The molecule has 2 amide bonds. The first-order chi connectivity index (χ1) is 15.8. The number of carbonyl (C=O) groups is 1. The number of nitrogens with zero attached hydrogens (tertiary/aromatic N) is 3. The van der Waals surface area contributed by atoms with Crippen LogP contribution in [0, 0.1) is 0 Å². The van der Waals surface area contributed by atoms with Crippen molar-refractivity contribution in [3.8, 4) is 11.3 Å². The molecule has 1 fully saturated rings. The molecule has 0 spiro atoms. The molecule has 32 heavy (non-hydrogen) atoms. The number of anilines is 1. The molecule has 6 nitrogen and oxygen atoms in total. The third-order valence-corrected chi connectivity index (χ3v) is 6.00. The van der Waals surface area contributed by atoms with E-state index in [9.17, 15) is 4.79 Å². The number of amides is 2. The van der Waals surface area contributed by atoms with Crippen LogP contribution in [0.15, 0.2) is 85.1 Å². The Bertz CT molecular complexity index is 1180. The molecule has 162 valence electrons. The van der Waals surface area contributed by atoms with E-state index in [1.54, 1.807) is 0 Å². The molecule has 6 heteroatoms. The molecule has 1 aliphatic rings. The van der Waals surface area contributed by atoms with Crippen LogP contribution in [0.3, 0.4) is 0 Å². The molecule has 0 saturated carbocycles. The molecule has 0 atom stereocenters. The topological polar surface area (TPSA) is 61.7 Å². The van der Waals surface area contributed by atoms with Crippen molar-refractivity contribution >= 4 is 17.4 Å². The van der Waals surface area contributed by atoms with Gasteiger partial charge in [-0.3, -0.25) is 4.90 Å². The smallest absolute Gasteiger partial charge is 0.319 e. The van der Waals surface area contributed by atoms with Gasteiger partial charge in [0.05, 0.1) is 11.4 Å². The highest BCUT2D eigenvalue weighted by Gasteiger charge is 2.23. The zero-order valence-corrected chi connectivity index (χ0v) is 17.9. The predicted octanol–water partition coefficient (Wildman–Crippen LogP) is 4.79. The van der Waals surface area contributed by atoms with Crippen LogP contribution in [0.5, 0.6) is 0 Å². The Kier molecular flexibility index (Phi) is 5.85. The van der Waals surface area contributed by atoms with Crippen molar-refractivity contribution in [3.63, 3.8) is 0 Å². The number of pyridine rings is 1. The van der Waals surface area contributed by atoms with E-state index in [1.807, 2.05) is 42.5 Å². The summed E-state index contributed by atoms with van der Waals surface area (Å²) < 4.78 is 2.19. The first kappa shape index (κ1) is 20.3. The summed E-state index contributed by atoms with van der Waals surface area (Å²) in [5, 5.41) is 6.03. The molecule has 0 bridgehead atoms. The van der Waals surface area contributed by atoms with E-state index in [1.165, 1.54) is 5.69 Å². The lowest BCUT2D eigenvalue weighted by Gasteiger charge is -2.32. The third kappa shape index (κ3) is 4.50. The van der Waals surface area contributed by atoms with Gasteiger partial charge in [0.15, 0.2) is 0 Å². The molecule has 1 aliphatic heterocycles. The summed E-state index contributed by atoms with van der Waals surface area (Å²) in [6, 6.07) is 26.1. The van der Waals surface area contributed by atoms with Crippen LogP contribution in [0.2, 0.25) is 0 Å². The quantitative estimate of drug-likeness (QED) is 0.483. The van der Waals surface area contributed by atoms with Gasteiger partial charge in [-0.25, -0.2) is 9.78 Å². The fraction of sp³-hybridized carbons (Fsp3) is 0.231. The van der Waals surface area contributed by atoms with E-state index in [4.69, 9.17) is 4.98 Å². The normalized spacial score (nSPS) is 15.0. The Morgan fingerprint density at radius 3 is 2.34 bits per heavy atom. The summed E-state index contributed by atoms with van der Waals surface area (Å²) in [7, 11) is 0. The summed E-state index contributed by atoms with van der Waals surface area (Å²) in [4.78, 5) is 19.7. The van der Waals surface area contributed by atoms with Crippen molar-refractivity contribution in [2.75, 3.05) is 18.4 Å². The number of likely N-dealkylation sites (tertiary alicyclic amines) is 1. The Morgan fingerprint density at radius 1 is 0.906 bits per heavy atom. The number of rotatable bonds is 5. The third-order valence-electron chi connectivity index (χ3n) is 6.00. The number of nitrogens with one attached hydrogen (secondary N) is 2.